The average molecular weight is 286 g/mol. The first kappa shape index (κ1) is 13.4. The number of likely N-dealkylation sites (tertiary alicyclic amines) is 1. The van der Waals surface area contributed by atoms with Gasteiger partial charge in [-0.1, -0.05) is 18.2 Å². The highest BCUT2D eigenvalue weighted by Crippen LogP contribution is 2.22. The molecule has 1 aliphatic heterocycles. The van der Waals surface area contributed by atoms with Gasteiger partial charge in [-0.15, -0.1) is 0 Å². The third-order valence-corrected chi connectivity index (χ3v) is 3.49. The van der Waals surface area contributed by atoms with Crippen molar-refractivity contribution in [1.29, 1.82) is 0 Å². The highest BCUT2D eigenvalue weighted by molar-refractivity contribution is 5.86. The van der Waals surface area contributed by atoms with Crippen molar-refractivity contribution >= 4 is 11.9 Å². The molecule has 6 nitrogen and oxygen atoms in total. The summed E-state index contributed by atoms with van der Waals surface area (Å²) in [5.74, 6) is -1.23. The van der Waals surface area contributed by atoms with Crippen LogP contribution < -0.4 is 0 Å². The summed E-state index contributed by atoms with van der Waals surface area (Å²) in [5, 5.41) is 8.95. The van der Waals surface area contributed by atoms with E-state index in [-0.39, 0.29) is 25.4 Å². The Kier molecular flexibility index (Phi) is 3.43. The molecule has 1 fully saturated rings. The number of aromatic nitrogens is 1. The molecule has 1 aromatic heterocycles. The summed E-state index contributed by atoms with van der Waals surface area (Å²) in [6.45, 7) is 0.501. The van der Waals surface area contributed by atoms with Gasteiger partial charge in [-0.25, -0.2) is 4.98 Å². The minimum absolute atomic E-state index is 0.0543. The number of nitrogens with zero attached hydrogens (tertiary/aromatic N) is 2. The Balaban J connectivity index is 1.71. The number of oxazole rings is 1. The van der Waals surface area contributed by atoms with Crippen molar-refractivity contribution < 1.29 is 19.1 Å². The number of aliphatic carboxylic acids is 1. The molecule has 1 amide bonds. The van der Waals surface area contributed by atoms with Gasteiger partial charge in [0, 0.05) is 18.5 Å². The van der Waals surface area contributed by atoms with Crippen molar-refractivity contribution in [2.24, 2.45) is 5.92 Å². The zero-order chi connectivity index (χ0) is 14.8. The molecule has 0 aliphatic carbocycles. The predicted octanol–water partition coefficient (Wildman–Crippen LogP) is 1.77. The second-order valence-electron chi connectivity index (χ2n) is 5.02. The summed E-state index contributed by atoms with van der Waals surface area (Å²) in [4.78, 5) is 28.5. The van der Waals surface area contributed by atoms with E-state index in [9.17, 15) is 9.59 Å². The largest absolute Gasteiger partial charge is 0.481 e. The van der Waals surface area contributed by atoms with Crippen LogP contribution in [0.15, 0.2) is 41.0 Å². The minimum Gasteiger partial charge on any atom is -0.481 e. The summed E-state index contributed by atoms with van der Waals surface area (Å²) in [7, 11) is 0. The Morgan fingerprint density at radius 1 is 1.38 bits per heavy atom. The fraction of sp³-hybridized carbons (Fsp3) is 0.267. The second kappa shape index (κ2) is 5.40. The molecule has 0 bridgehead atoms. The van der Waals surface area contributed by atoms with E-state index < -0.39 is 11.9 Å². The van der Waals surface area contributed by atoms with E-state index in [4.69, 9.17) is 9.52 Å². The smallest absolute Gasteiger partial charge is 0.308 e. The Bertz CT molecular complexity index is 665. The molecule has 1 atom stereocenters. The van der Waals surface area contributed by atoms with Crippen LogP contribution in [0, 0.1) is 5.92 Å². The molecule has 1 unspecified atom stereocenters. The quantitative estimate of drug-likeness (QED) is 0.926. The molecule has 1 aromatic carbocycles. The van der Waals surface area contributed by atoms with Gasteiger partial charge in [0.1, 0.15) is 6.26 Å². The molecule has 0 spiro atoms. The molecular formula is C15H14N2O4. The van der Waals surface area contributed by atoms with Gasteiger partial charge in [0.15, 0.2) is 0 Å². The summed E-state index contributed by atoms with van der Waals surface area (Å²) >= 11 is 0. The molecule has 2 heterocycles. The molecule has 0 saturated carbocycles. The summed E-state index contributed by atoms with van der Waals surface area (Å²) in [6.07, 6.45) is 1.56. The monoisotopic (exact) mass is 286 g/mol. The van der Waals surface area contributed by atoms with Crippen molar-refractivity contribution in [3.05, 3.63) is 42.3 Å². The highest BCUT2D eigenvalue weighted by atomic mass is 16.4. The van der Waals surface area contributed by atoms with Crippen LogP contribution in [0.2, 0.25) is 0 Å². The predicted molar refractivity (Wildman–Crippen MR) is 73.1 cm³/mol. The number of carbonyl (C=O) groups is 2. The van der Waals surface area contributed by atoms with Gasteiger partial charge in [0.2, 0.25) is 11.8 Å². The summed E-state index contributed by atoms with van der Waals surface area (Å²) in [6, 6.07) is 9.46. The normalized spacial score (nSPS) is 18.2. The van der Waals surface area contributed by atoms with Crippen molar-refractivity contribution in [3.8, 4) is 11.5 Å². The van der Waals surface area contributed by atoms with Gasteiger partial charge in [0.05, 0.1) is 18.2 Å². The lowest BCUT2D eigenvalue weighted by Crippen LogP contribution is -2.25. The Morgan fingerprint density at radius 3 is 2.81 bits per heavy atom. The SMILES string of the molecule is O=C(O)C1CC(=O)N(Cc2coc(-c3ccccc3)n2)C1. The maximum absolute atomic E-state index is 11.8. The van der Waals surface area contributed by atoms with E-state index in [1.54, 1.807) is 0 Å². The Hall–Kier alpha value is -2.63. The molecule has 1 saturated heterocycles. The lowest BCUT2D eigenvalue weighted by Gasteiger charge is -2.13. The molecule has 0 radical (unpaired) electrons. The third kappa shape index (κ3) is 2.79. The molecule has 3 rings (SSSR count). The summed E-state index contributed by atoms with van der Waals surface area (Å²) in [5.41, 5.74) is 1.48. The van der Waals surface area contributed by atoms with E-state index >= 15 is 0 Å². The van der Waals surface area contributed by atoms with E-state index in [1.165, 1.54) is 11.2 Å². The molecule has 2 aromatic rings. The van der Waals surface area contributed by atoms with Crippen molar-refractivity contribution in [2.45, 2.75) is 13.0 Å². The van der Waals surface area contributed by atoms with Crippen molar-refractivity contribution in [1.82, 2.24) is 9.88 Å². The number of amides is 1. The Morgan fingerprint density at radius 2 is 2.14 bits per heavy atom. The van der Waals surface area contributed by atoms with Gasteiger partial charge in [-0.3, -0.25) is 9.59 Å². The van der Waals surface area contributed by atoms with Gasteiger partial charge in [0.25, 0.3) is 0 Å². The number of rotatable bonds is 4. The molecule has 1 aliphatic rings. The standard InChI is InChI=1S/C15H14N2O4/c18-13-6-11(15(19)20)7-17(13)8-12-9-21-14(16-12)10-4-2-1-3-5-10/h1-5,9,11H,6-8H2,(H,19,20). The molecule has 1 N–H and O–H groups in total. The lowest BCUT2D eigenvalue weighted by atomic mass is 10.1. The number of hydrogen-bond acceptors (Lipinski definition) is 4. The van der Waals surface area contributed by atoms with Crippen LogP contribution in [0.4, 0.5) is 0 Å². The number of carbonyl (C=O) groups excluding carboxylic acids is 1. The minimum atomic E-state index is -0.934. The van der Waals surface area contributed by atoms with Crippen LogP contribution in [-0.2, 0) is 16.1 Å². The van der Waals surface area contributed by atoms with Gasteiger partial charge < -0.3 is 14.4 Å². The maximum atomic E-state index is 11.8. The molecular weight excluding hydrogens is 272 g/mol. The van der Waals surface area contributed by atoms with Gasteiger partial charge in [-0.2, -0.15) is 0 Å². The molecule has 21 heavy (non-hydrogen) atoms. The average Bonchev–Trinajstić information content (AvgIpc) is 3.08. The first-order chi connectivity index (χ1) is 10.1. The lowest BCUT2D eigenvalue weighted by molar-refractivity contribution is -0.141. The van der Waals surface area contributed by atoms with Crippen LogP contribution in [0.3, 0.4) is 0 Å². The van der Waals surface area contributed by atoms with Crippen LogP contribution >= 0.6 is 0 Å². The second-order valence-corrected chi connectivity index (χ2v) is 5.02. The summed E-state index contributed by atoms with van der Waals surface area (Å²) < 4.78 is 5.41. The maximum Gasteiger partial charge on any atom is 0.308 e. The number of hydrogen-bond donors (Lipinski definition) is 1. The van der Waals surface area contributed by atoms with E-state index in [2.05, 4.69) is 4.98 Å². The Labute approximate surface area is 121 Å². The fourth-order valence-electron chi connectivity index (χ4n) is 2.38. The van der Waals surface area contributed by atoms with E-state index in [0.29, 0.717) is 11.6 Å². The van der Waals surface area contributed by atoms with Crippen LogP contribution in [0.25, 0.3) is 11.5 Å². The number of carboxylic acid groups (broad SMARTS) is 1. The fourth-order valence-corrected chi connectivity index (χ4v) is 2.38. The van der Waals surface area contributed by atoms with Crippen LogP contribution in [0.1, 0.15) is 12.1 Å². The highest BCUT2D eigenvalue weighted by Gasteiger charge is 2.34. The van der Waals surface area contributed by atoms with E-state index in [1.807, 2.05) is 30.3 Å². The van der Waals surface area contributed by atoms with Gasteiger partial charge in [-0.05, 0) is 12.1 Å². The van der Waals surface area contributed by atoms with Gasteiger partial charge >= 0.3 is 5.97 Å². The van der Waals surface area contributed by atoms with E-state index in [0.717, 1.165) is 5.56 Å². The van der Waals surface area contributed by atoms with Crippen molar-refractivity contribution in [3.63, 3.8) is 0 Å². The first-order valence-electron chi connectivity index (χ1n) is 6.64. The third-order valence-electron chi connectivity index (χ3n) is 3.49. The zero-order valence-electron chi connectivity index (χ0n) is 11.2. The van der Waals surface area contributed by atoms with Crippen LogP contribution in [-0.4, -0.2) is 33.4 Å². The molecule has 108 valence electrons. The topological polar surface area (TPSA) is 83.6 Å². The first-order valence-corrected chi connectivity index (χ1v) is 6.64. The van der Waals surface area contributed by atoms with Crippen LogP contribution in [0.5, 0.6) is 0 Å². The zero-order valence-corrected chi connectivity index (χ0v) is 11.2. The number of carboxylic acids is 1. The molecule has 6 heteroatoms. The van der Waals surface area contributed by atoms with Crippen molar-refractivity contribution in [2.75, 3.05) is 6.54 Å². The number of benzene rings is 1.